The molecule has 0 aromatic heterocycles. The number of hydrogen-bond acceptors (Lipinski definition) is 4. The zero-order valence-corrected chi connectivity index (χ0v) is 12.5. The Morgan fingerprint density at radius 1 is 1.14 bits per heavy atom. The third-order valence-corrected chi connectivity index (χ3v) is 3.23. The molecule has 0 fully saturated rings. The topological polar surface area (TPSA) is 58.9 Å². The van der Waals surface area contributed by atoms with E-state index >= 15 is 0 Å². The van der Waals surface area contributed by atoms with Crippen molar-refractivity contribution < 1.29 is 19.7 Å². The lowest BCUT2D eigenvalue weighted by Gasteiger charge is -2.17. The van der Waals surface area contributed by atoms with Gasteiger partial charge in [0.2, 0.25) is 0 Å². The van der Waals surface area contributed by atoms with E-state index in [1.807, 2.05) is 24.3 Å². The Hall–Kier alpha value is -1.54. The molecule has 1 rings (SSSR count). The molecular weight excluding hydrogens is 268 g/mol. The lowest BCUT2D eigenvalue weighted by atomic mass is 10.1. The first-order valence-corrected chi connectivity index (χ1v) is 7.17. The van der Waals surface area contributed by atoms with Crippen LogP contribution < -0.4 is 4.74 Å². The molecule has 2 N–H and O–H groups in total. The summed E-state index contributed by atoms with van der Waals surface area (Å²) in [6, 6.07) is 7.52. The summed E-state index contributed by atoms with van der Waals surface area (Å²) in [5.41, 5.74) is 0.992. The van der Waals surface area contributed by atoms with Crippen LogP contribution in [-0.2, 0) is 11.3 Å². The van der Waals surface area contributed by atoms with Crippen molar-refractivity contribution in [2.45, 2.75) is 44.5 Å². The van der Waals surface area contributed by atoms with Crippen molar-refractivity contribution in [3.05, 3.63) is 29.8 Å². The van der Waals surface area contributed by atoms with Crippen LogP contribution >= 0.6 is 0 Å². The van der Waals surface area contributed by atoms with Crippen LogP contribution in [0, 0.1) is 12.3 Å². The van der Waals surface area contributed by atoms with Gasteiger partial charge in [-0.15, -0.1) is 12.3 Å². The SMILES string of the molecule is C#CCCCC[C@H](O)[C@@H](O)COCc1ccc(OC)cc1. The van der Waals surface area contributed by atoms with E-state index in [-0.39, 0.29) is 6.61 Å². The predicted octanol–water partition coefficient (Wildman–Crippen LogP) is 2.13. The molecule has 0 saturated heterocycles. The highest BCUT2D eigenvalue weighted by Gasteiger charge is 2.15. The highest BCUT2D eigenvalue weighted by Crippen LogP contribution is 2.12. The first kappa shape index (κ1) is 17.5. The van der Waals surface area contributed by atoms with Crippen LogP contribution in [0.4, 0.5) is 0 Å². The molecular formula is C17H24O4. The Labute approximate surface area is 126 Å². The fourth-order valence-corrected chi connectivity index (χ4v) is 1.90. The average Bonchev–Trinajstić information content (AvgIpc) is 2.52. The molecule has 1 aromatic carbocycles. The van der Waals surface area contributed by atoms with Crippen LogP contribution in [-0.4, -0.2) is 36.1 Å². The molecule has 0 heterocycles. The Bertz CT molecular complexity index is 421. The number of aliphatic hydroxyl groups is 2. The molecule has 116 valence electrons. The maximum absolute atomic E-state index is 9.80. The number of rotatable bonds is 10. The number of hydrogen-bond donors (Lipinski definition) is 2. The van der Waals surface area contributed by atoms with Crippen LogP contribution in [0.3, 0.4) is 0 Å². The Balaban J connectivity index is 2.19. The Morgan fingerprint density at radius 3 is 2.48 bits per heavy atom. The average molecular weight is 292 g/mol. The lowest BCUT2D eigenvalue weighted by Crippen LogP contribution is -2.30. The van der Waals surface area contributed by atoms with E-state index in [9.17, 15) is 10.2 Å². The monoisotopic (exact) mass is 292 g/mol. The van der Waals surface area contributed by atoms with Gasteiger partial charge in [0, 0.05) is 6.42 Å². The molecule has 0 aliphatic heterocycles. The molecule has 4 heteroatoms. The molecule has 0 aliphatic carbocycles. The zero-order chi connectivity index (χ0) is 15.5. The molecule has 1 aromatic rings. The Kier molecular flexibility index (Phi) is 8.53. The van der Waals surface area contributed by atoms with E-state index in [0.29, 0.717) is 19.4 Å². The van der Waals surface area contributed by atoms with Crippen molar-refractivity contribution in [2.24, 2.45) is 0 Å². The summed E-state index contributed by atoms with van der Waals surface area (Å²) in [6.45, 7) is 0.507. The van der Waals surface area contributed by atoms with E-state index in [0.717, 1.165) is 24.2 Å². The summed E-state index contributed by atoms with van der Waals surface area (Å²) in [7, 11) is 1.62. The number of ether oxygens (including phenoxy) is 2. The van der Waals surface area contributed by atoms with Gasteiger partial charge in [0.05, 0.1) is 26.4 Å². The highest BCUT2D eigenvalue weighted by atomic mass is 16.5. The van der Waals surface area contributed by atoms with E-state index in [4.69, 9.17) is 15.9 Å². The number of aliphatic hydroxyl groups excluding tert-OH is 2. The molecule has 0 amide bonds. The standard InChI is InChI=1S/C17H24O4/c1-3-4-5-6-7-16(18)17(19)13-21-12-14-8-10-15(20-2)11-9-14/h1,8-11,16-19H,4-7,12-13H2,2H3/t16-,17-/m0/s1. The third kappa shape index (κ3) is 7.14. The van der Waals surface area contributed by atoms with Crippen LogP contribution in [0.25, 0.3) is 0 Å². The Morgan fingerprint density at radius 2 is 1.86 bits per heavy atom. The summed E-state index contributed by atoms with van der Waals surface area (Å²) in [5, 5.41) is 19.6. The maximum Gasteiger partial charge on any atom is 0.118 e. The fourth-order valence-electron chi connectivity index (χ4n) is 1.90. The molecule has 0 radical (unpaired) electrons. The second-order valence-corrected chi connectivity index (χ2v) is 4.95. The van der Waals surface area contributed by atoms with Crippen molar-refractivity contribution >= 4 is 0 Å². The number of methoxy groups -OCH3 is 1. The minimum absolute atomic E-state index is 0.113. The summed E-state index contributed by atoms with van der Waals surface area (Å²) in [5.74, 6) is 3.35. The summed E-state index contributed by atoms with van der Waals surface area (Å²) < 4.78 is 10.5. The largest absolute Gasteiger partial charge is 0.497 e. The minimum Gasteiger partial charge on any atom is -0.497 e. The van der Waals surface area contributed by atoms with Crippen molar-refractivity contribution in [2.75, 3.05) is 13.7 Å². The summed E-state index contributed by atoms with van der Waals surface area (Å²) >= 11 is 0. The molecule has 0 aliphatic rings. The normalized spacial score (nSPS) is 13.4. The van der Waals surface area contributed by atoms with Gasteiger partial charge in [-0.1, -0.05) is 12.1 Å². The van der Waals surface area contributed by atoms with Gasteiger partial charge in [-0.2, -0.15) is 0 Å². The van der Waals surface area contributed by atoms with Gasteiger partial charge in [-0.25, -0.2) is 0 Å². The van der Waals surface area contributed by atoms with Crippen LogP contribution in [0.5, 0.6) is 5.75 Å². The molecule has 4 nitrogen and oxygen atoms in total. The minimum atomic E-state index is -0.867. The van der Waals surface area contributed by atoms with Gasteiger partial charge in [-0.05, 0) is 37.0 Å². The first-order valence-electron chi connectivity index (χ1n) is 7.17. The van der Waals surface area contributed by atoms with E-state index in [2.05, 4.69) is 5.92 Å². The predicted molar refractivity (Wildman–Crippen MR) is 82.0 cm³/mol. The molecule has 0 unspecified atom stereocenters. The van der Waals surface area contributed by atoms with Crippen LogP contribution in [0.2, 0.25) is 0 Å². The first-order chi connectivity index (χ1) is 10.2. The van der Waals surface area contributed by atoms with E-state index < -0.39 is 12.2 Å². The van der Waals surface area contributed by atoms with E-state index in [1.165, 1.54) is 0 Å². The highest BCUT2D eigenvalue weighted by molar-refractivity contribution is 5.26. The summed E-state index contributed by atoms with van der Waals surface area (Å²) in [4.78, 5) is 0. The van der Waals surface area contributed by atoms with Crippen LogP contribution in [0.1, 0.15) is 31.2 Å². The van der Waals surface area contributed by atoms with Crippen molar-refractivity contribution in [3.8, 4) is 18.1 Å². The van der Waals surface area contributed by atoms with Crippen molar-refractivity contribution in [1.82, 2.24) is 0 Å². The van der Waals surface area contributed by atoms with Gasteiger partial charge in [0.15, 0.2) is 0 Å². The lowest BCUT2D eigenvalue weighted by molar-refractivity contribution is -0.0453. The molecule has 21 heavy (non-hydrogen) atoms. The van der Waals surface area contributed by atoms with Crippen molar-refractivity contribution in [3.63, 3.8) is 0 Å². The molecule has 2 atom stereocenters. The van der Waals surface area contributed by atoms with Gasteiger partial charge in [-0.3, -0.25) is 0 Å². The smallest absolute Gasteiger partial charge is 0.118 e. The maximum atomic E-state index is 9.80. The van der Waals surface area contributed by atoms with Crippen molar-refractivity contribution in [1.29, 1.82) is 0 Å². The quantitative estimate of drug-likeness (QED) is 0.512. The van der Waals surface area contributed by atoms with Gasteiger partial charge >= 0.3 is 0 Å². The van der Waals surface area contributed by atoms with E-state index in [1.54, 1.807) is 7.11 Å². The summed E-state index contributed by atoms with van der Waals surface area (Å²) in [6.07, 6.45) is 6.44. The second-order valence-electron chi connectivity index (χ2n) is 4.95. The molecule has 0 bridgehead atoms. The fraction of sp³-hybridized carbons (Fsp3) is 0.529. The van der Waals surface area contributed by atoms with Gasteiger partial charge in [0.1, 0.15) is 11.9 Å². The molecule has 0 spiro atoms. The zero-order valence-electron chi connectivity index (χ0n) is 12.5. The number of terminal acetylenes is 1. The molecule has 0 saturated carbocycles. The third-order valence-electron chi connectivity index (χ3n) is 3.23. The van der Waals surface area contributed by atoms with Gasteiger partial charge in [0.25, 0.3) is 0 Å². The number of unbranched alkanes of at least 4 members (excludes halogenated alkanes) is 2. The van der Waals surface area contributed by atoms with Crippen LogP contribution in [0.15, 0.2) is 24.3 Å². The number of benzene rings is 1. The van der Waals surface area contributed by atoms with Gasteiger partial charge < -0.3 is 19.7 Å². The second kappa shape index (κ2) is 10.2.